The largest absolute Gasteiger partial charge is 0.308 e. The number of hydrogen-bond acceptors (Lipinski definition) is 6. The third kappa shape index (κ3) is 12.1. The summed E-state index contributed by atoms with van der Waals surface area (Å²) >= 11 is 0. The van der Waals surface area contributed by atoms with Crippen LogP contribution in [0.25, 0.3) is 211 Å². The fraction of sp³-hybridized carbons (Fsp3) is 0. The molecule has 6 heterocycles. The minimum absolute atomic E-state index is 0.686. The lowest BCUT2D eigenvalue weighted by atomic mass is 9.96. The Kier molecular flexibility index (Phi) is 16.7. The summed E-state index contributed by atoms with van der Waals surface area (Å²) in [6.07, 6.45) is 0. The van der Waals surface area contributed by atoms with Crippen LogP contribution in [0, 0.1) is 0 Å². The van der Waals surface area contributed by atoms with Gasteiger partial charge in [0.15, 0.2) is 11.6 Å². The molecule has 0 fully saturated rings. The summed E-state index contributed by atoms with van der Waals surface area (Å²) in [6.45, 7) is 0. The molecule has 6 aromatic heterocycles. The van der Waals surface area contributed by atoms with E-state index in [9.17, 15) is 0 Å². The Hall–Kier alpha value is -15.4. The van der Waals surface area contributed by atoms with E-state index in [1.807, 2.05) is 72.8 Å². The monoisotopic (exact) mass is 1450 g/mol. The molecule has 0 saturated heterocycles. The van der Waals surface area contributed by atoms with Gasteiger partial charge in [0.1, 0.15) is 0 Å². The maximum atomic E-state index is 5.47. The Bertz CT molecular complexity index is 7270. The molecule has 0 aliphatic rings. The average molecular weight is 1450 g/mol. The lowest BCUT2D eigenvalue weighted by molar-refractivity contribution is 1.18. The van der Waals surface area contributed by atoms with Crippen molar-refractivity contribution in [3.8, 4) is 124 Å². The van der Waals surface area contributed by atoms with E-state index in [1.165, 1.54) is 43.2 Å². The van der Waals surface area contributed by atoms with Crippen molar-refractivity contribution in [2.24, 2.45) is 0 Å². The van der Waals surface area contributed by atoms with Crippen LogP contribution in [-0.4, -0.2) is 39.0 Å². The Balaban J connectivity index is 0.000000146. The molecule has 22 aromatic rings. The van der Waals surface area contributed by atoms with E-state index < -0.39 is 0 Å². The van der Waals surface area contributed by atoms with Gasteiger partial charge >= 0.3 is 0 Å². The van der Waals surface area contributed by atoms with Crippen molar-refractivity contribution in [1.82, 2.24) is 39.0 Å². The summed E-state index contributed by atoms with van der Waals surface area (Å²) in [6, 6.07) is 145. The molecule has 0 atom stereocenters. The third-order valence-corrected chi connectivity index (χ3v) is 22.0. The smallest absolute Gasteiger partial charge is 0.160 e. The molecule has 0 bridgehead atoms. The first kappa shape index (κ1) is 66.8. The molecule has 532 valence electrons. The van der Waals surface area contributed by atoms with Crippen LogP contribution in [0.1, 0.15) is 0 Å². The number of nitrogens with zero attached hydrogens (tertiary/aromatic N) is 8. The summed E-state index contributed by atoms with van der Waals surface area (Å²) in [5.74, 6) is 1.39. The van der Waals surface area contributed by atoms with Gasteiger partial charge in [0.2, 0.25) is 0 Å². The third-order valence-electron chi connectivity index (χ3n) is 22.0. The molecule has 0 saturated carbocycles. The van der Waals surface area contributed by atoms with Gasteiger partial charge in [0.25, 0.3) is 0 Å². The molecule has 0 aliphatic carbocycles. The molecule has 0 amide bonds. The van der Waals surface area contributed by atoms with Crippen LogP contribution < -0.4 is 0 Å². The molecule has 8 nitrogen and oxygen atoms in total. The van der Waals surface area contributed by atoms with Crippen molar-refractivity contribution >= 4 is 87.0 Å². The number of fused-ring (bicyclic) bond motifs is 14. The number of hydrogen-bond donors (Lipinski definition) is 0. The summed E-state index contributed by atoms with van der Waals surface area (Å²) in [5, 5.41) is 11.8. The van der Waals surface area contributed by atoms with Crippen molar-refractivity contribution in [3.05, 3.63) is 413 Å². The van der Waals surface area contributed by atoms with Crippen molar-refractivity contribution in [3.63, 3.8) is 0 Å². The zero-order valence-electron chi connectivity index (χ0n) is 61.8. The second-order valence-electron chi connectivity index (χ2n) is 28.8. The van der Waals surface area contributed by atoms with Crippen molar-refractivity contribution < 1.29 is 0 Å². The van der Waals surface area contributed by atoms with Gasteiger partial charge in [0, 0.05) is 88.2 Å². The fourth-order valence-electron chi connectivity index (χ4n) is 16.5. The minimum Gasteiger partial charge on any atom is -0.308 e. The Morgan fingerprint density at radius 1 is 0.175 bits per heavy atom. The van der Waals surface area contributed by atoms with E-state index in [2.05, 4.69) is 349 Å². The second kappa shape index (κ2) is 28.6. The first-order valence-electron chi connectivity index (χ1n) is 38.6. The Labute approximate surface area is 658 Å². The standard InChI is InChI=1S/C59H38N4.C47H30N4/c1-4-15-44(16-5-1)52-38-53(45-17-6-2-7-18-45)62-59(61-52)47-34-30-42(31-35-47)40-26-24-39(25-27-40)41-28-32-46(33-29-41)57-56-50-22-12-13-23-54(50)63(48-19-8-3-9-20-48)58(56)55-49-21-11-10-14-43(49)36-37-51(55)60-57;1-4-15-32(16-5-1)40-30-41(33-17-6-2-7-18-33)50-47(49-40)35-26-24-34(25-27-35)45-44-38-22-12-13-23-42(38)51(36-19-8-3-9-20-36)46(44)43-37-21-11-10-14-31(37)28-29-39(43)48-45/h1-38H;1-30H. The van der Waals surface area contributed by atoms with Gasteiger partial charge < -0.3 is 9.13 Å². The first-order chi connectivity index (χ1) is 56.5. The van der Waals surface area contributed by atoms with Gasteiger partial charge in [-0.1, -0.05) is 352 Å². The predicted molar refractivity (Wildman–Crippen MR) is 473 cm³/mol. The molecule has 0 unspecified atom stereocenters. The van der Waals surface area contributed by atoms with Crippen LogP contribution in [0.2, 0.25) is 0 Å². The van der Waals surface area contributed by atoms with Crippen LogP contribution >= 0.6 is 0 Å². The molecule has 0 radical (unpaired) electrons. The minimum atomic E-state index is 0.686. The van der Waals surface area contributed by atoms with E-state index in [0.29, 0.717) is 11.6 Å². The van der Waals surface area contributed by atoms with Crippen LogP contribution in [-0.2, 0) is 0 Å². The lowest BCUT2D eigenvalue weighted by Crippen LogP contribution is -1.97. The quantitative estimate of drug-likeness (QED) is 0.113. The number of rotatable bonds is 12. The van der Waals surface area contributed by atoms with Gasteiger partial charge in [-0.3, -0.25) is 0 Å². The SMILES string of the molecule is c1ccc(-c2cc(-c3ccccc3)nc(-c3ccc(-c4ccc(-c5ccc(-c6nc7ccc8ccccc8c7c7c6c6ccccc6n7-c6ccccc6)cc5)cc4)cc3)n2)cc1.c1ccc(-c2cc(-c3ccccc3)nc(-c3ccc(-c4nc5ccc6ccccc6c5c5c4c4ccccc4n5-c4ccccc4)cc3)n2)cc1. The molecule has 8 heteroatoms. The van der Waals surface area contributed by atoms with E-state index in [4.69, 9.17) is 29.9 Å². The molecule has 114 heavy (non-hydrogen) atoms. The summed E-state index contributed by atoms with van der Waals surface area (Å²) in [7, 11) is 0. The number of pyridine rings is 2. The number of para-hydroxylation sites is 4. The van der Waals surface area contributed by atoms with E-state index in [1.54, 1.807) is 0 Å². The second-order valence-corrected chi connectivity index (χ2v) is 28.8. The van der Waals surface area contributed by atoms with Crippen LogP contribution in [0.3, 0.4) is 0 Å². The van der Waals surface area contributed by atoms with Gasteiger partial charge in [0.05, 0.1) is 67.3 Å². The normalized spacial score (nSPS) is 11.5. The summed E-state index contributed by atoms with van der Waals surface area (Å²) < 4.78 is 4.83. The van der Waals surface area contributed by atoms with Crippen LogP contribution in [0.4, 0.5) is 0 Å². The molecule has 0 spiro atoms. The number of aromatic nitrogens is 8. The summed E-state index contributed by atoms with van der Waals surface area (Å²) in [5.41, 5.74) is 27.2. The Morgan fingerprint density at radius 2 is 0.439 bits per heavy atom. The predicted octanol–water partition coefficient (Wildman–Crippen LogP) is 27.2. The van der Waals surface area contributed by atoms with Crippen LogP contribution in [0.5, 0.6) is 0 Å². The maximum Gasteiger partial charge on any atom is 0.160 e. The summed E-state index contributed by atoms with van der Waals surface area (Å²) in [4.78, 5) is 31.1. The van der Waals surface area contributed by atoms with Gasteiger partial charge in [-0.15, -0.1) is 0 Å². The van der Waals surface area contributed by atoms with Gasteiger partial charge in [-0.05, 0) is 104 Å². The lowest BCUT2D eigenvalue weighted by Gasteiger charge is -2.14. The fourth-order valence-corrected chi connectivity index (χ4v) is 16.5. The van der Waals surface area contributed by atoms with Crippen molar-refractivity contribution in [2.75, 3.05) is 0 Å². The molecular weight excluding hydrogens is 1390 g/mol. The first-order valence-corrected chi connectivity index (χ1v) is 38.6. The topological polar surface area (TPSA) is 87.2 Å². The Morgan fingerprint density at radius 3 is 0.763 bits per heavy atom. The van der Waals surface area contributed by atoms with Crippen molar-refractivity contribution in [2.45, 2.75) is 0 Å². The van der Waals surface area contributed by atoms with Gasteiger partial charge in [-0.2, -0.15) is 0 Å². The molecule has 16 aromatic carbocycles. The molecule has 0 aliphatic heterocycles. The van der Waals surface area contributed by atoms with E-state index in [0.717, 1.165) is 156 Å². The highest BCUT2D eigenvalue weighted by molar-refractivity contribution is 6.29. The zero-order chi connectivity index (χ0) is 75.4. The molecule has 22 rings (SSSR count). The molecule has 0 N–H and O–H groups in total. The van der Waals surface area contributed by atoms with Crippen molar-refractivity contribution in [1.29, 1.82) is 0 Å². The highest BCUT2D eigenvalue weighted by Gasteiger charge is 2.25. The highest BCUT2D eigenvalue weighted by atomic mass is 15.0. The maximum absolute atomic E-state index is 5.47. The average Bonchev–Trinajstić information content (AvgIpc) is 1.55. The van der Waals surface area contributed by atoms with E-state index >= 15 is 0 Å². The molecular formula is C106H68N8. The van der Waals surface area contributed by atoms with E-state index in [-0.39, 0.29) is 0 Å². The van der Waals surface area contributed by atoms with Crippen LogP contribution in [0.15, 0.2) is 413 Å². The van der Waals surface area contributed by atoms with Gasteiger partial charge in [-0.25, -0.2) is 29.9 Å². The number of benzene rings is 16. The highest BCUT2D eigenvalue weighted by Crippen LogP contribution is 2.47. The zero-order valence-corrected chi connectivity index (χ0v) is 61.8.